The first-order valence-electron chi connectivity index (χ1n) is 5.10. The summed E-state index contributed by atoms with van der Waals surface area (Å²) in [6.07, 6.45) is 3.78. The van der Waals surface area contributed by atoms with E-state index in [1.54, 1.807) is 0 Å². The summed E-state index contributed by atoms with van der Waals surface area (Å²) in [6, 6.07) is 2.28. The zero-order chi connectivity index (χ0) is 10.1. The van der Waals surface area contributed by atoms with Crippen molar-refractivity contribution in [1.29, 1.82) is 5.26 Å². The third kappa shape index (κ3) is 1.90. The van der Waals surface area contributed by atoms with E-state index in [2.05, 4.69) is 6.07 Å². The Balaban J connectivity index is 2.09. The number of nitrogens with zero attached hydrogens (tertiary/aromatic N) is 1. The summed E-state index contributed by atoms with van der Waals surface area (Å²) in [5.41, 5.74) is 5.47. The molecule has 0 aromatic carbocycles. The highest BCUT2D eigenvalue weighted by Crippen LogP contribution is 2.46. The number of hydrogen-bond donors (Lipinski definition) is 1. The molecule has 0 saturated carbocycles. The van der Waals surface area contributed by atoms with Gasteiger partial charge in [0.1, 0.15) is 5.54 Å². The first-order chi connectivity index (χ1) is 6.68. The van der Waals surface area contributed by atoms with E-state index in [4.69, 9.17) is 15.7 Å². The Morgan fingerprint density at radius 1 is 1.29 bits per heavy atom. The van der Waals surface area contributed by atoms with E-state index in [0.717, 1.165) is 44.6 Å². The van der Waals surface area contributed by atoms with Crippen molar-refractivity contribution in [2.45, 2.75) is 36.0 Å². The number of ether oxygens (including phenoxy) is 1. The fourth-order valence-corrected chi connectivity index (χ4v) is 4.04. The molecular weight excluding hydrogens is 196 g/mol. The Labute approximate surface area is 89.0 Å². The smallest absolute Gasteiger partial charge is 0.106 e. The van der Waals surface area contributed by atoms with Crippen molar-refractivity contribution >= 4 is 11.8 Å². The van der Waals surface area contributed by atoms with Gasteiger partial charge in [0.15, 0.2) is 0 Å². The Bertz CT molecular complexity index is 252. The largest absolute Gasteiger partial charge is 0.381 e. The molecule has 2 N–H and O–H groups in total. The monoisotopic (exact) mass is 212 g/mol. The molecule has 78 valence electrons. The van der Waals surface area contributed by atoms with Gasteiger partial charge in [-0.15, -0.1) is 0 Å². The van der Waals surface area contributed by atoms with Gasteiger partial charge in [-0.3, -0.25) is 0 Å². The fourth-order valence-electron chi connectivity index (χ4n) is 2.32. The van der Waals surface area contributed by atoms with Crippen molar-refractivity contribution < 1.29 is 4.74 Å². The molecule has 0 aromatic heterocycles. The van der Waals surface area contributed by atoms with Gasteiger partial charge in [-0.05, 0) is 31.4 Å². The summed E-state index contributed by atoms with van der Waals surface area (Å²) in [6.45, 7) is 1.66. The molecule has 2 rings (SSSR count). The van der Waals surface area contributed by atoms with Gasteiger partial charge in [0.25, 0.3) is 0 Å². The minimum Gasteiger partial charge on any atom is -0.381 e. The standard InChI is InChI=1S/C10H16N2OS/c11-8-9(12)3-6-14-10(7-9)1-4-13-5-2-10/h1-7,12H2. The van der Waals surface area contributed by atoms with Crippen LogP contribution in [0.2, 0.25) is 0 Å². The minimum atomic E-state index is -0.581. The normalized spacial score (nSPS) is 36.6. The average molecular weight is 212 g/mol. The minimum absolute atomic E-state index is 0.237. The molecule has 0 aromatic rings. The summed E-state index contributed by atoms with van der Waals surface area (Å²) < 4.78 is 5.60. The van der Waals surface area contributed by atoms with Crippen molar-refractivity contribution in [3.63, 3.8) is 0 Å². The second-order valence-electron chi connectivity index (χ2n) is 4.34. The van der Waals surface area contributed by atoms with Crippen molar-refractivity contribution in [3.8, 4) is 6.07 Å². The molecule has 1 spiro atoms. The maximum Gasteiger partial charge on any atom is 0.106 e. The molecule has 0 bridgehead atoms. The van der Waals surface area contributed by atoms with Gasteiger partial charge < -0.3 is 10.5 Å². The van der Waals surface area contributed by atoms with Crippen LogP contribution in [0.25, 0.3) is 0 Å². The van der Waals surface area contributed by atoms with Crippen LogP contribution in [0, 0.1) is 11.3 Å². The van der Waals surface area contributed by atoms with E-state index in [1.807, 2.05) is 11.8 Å². The second-order valence-corrected chi connectivity index (χ2v) is 5.90. The first kappa shape index (κ1) is 10.3. The van der Waals surface area contributed by atoms with Crippen LogP contribution >= 0.6 is 11.8 Å². The van der Waals surface area contributed by atoms with Gasteiger partial charge in [-0.25, -0.2) is 0 Å². The van der Waals surface area contributed by atoms with E-state index in [9.17, 15) is 0 Å². The van der Waals surface area contributed by atoms with E-state index in [-0.39, 0.29) is 4.75 Å². The Morgan fingerprint density at radius 2 is 2.00 bits per heavy atom. The number of rotatable bonds is 0. The summed E-state index contributed by atoms with van der Waals surface area (Å²) in [5.74, 6) is 1.02. The van der Waals surface area contributed by atoms with Crippen molar-refractivity contribution in [3.05, 3.63) is 0 Å². The first-order valence-corrected chi connectivity index (χ1v) is 6.09. The molecule has 14 heavy (non-hydrogen) atoms. The van der Waals surface area contributed by atoms with E-state index >= 15 is 0 Å². The number of thioether (sulfide) groups is 1. The SMILES string of the molecule is N#CC1(N)CCSC2(CCOCC2)C1. The molecule has 2 aliphatic heterocycles. The molecule has 0 radical (unpaired) electrons. The van der Waals surface area contributed by atoms with Gasteiger partial charge >= 0.3 is 0 Å². The van der Waals surface area contributed by atoms with Gasteiger partial charge in [0, 0.05) is 18.0 Å². The van der Waals surface area contributed by atoms with Gasteiger partial charge in [-0.2, -0.15) is 17.0 Å². The topological polar surface area (TPSA) is 59.0 Å². The molecule has 3 nitrogen and oxygen atoms in total. The van der Waals surface area contributed by atoms with Crippen LogP contribution in [0.5, 0.6) is 0 Å². The third-order valence-corrected chi connectivity index (χ3v) is 4.79. The molecule has 0 amide bonds. The molecule has 4 heteroatoms. The third-order valence-electron chi connectivity index (χ3n) is 3.22. The predicted molar refractivity (Wildman–Crippen MR) is 57.0 cm³/mol. The Kier molecular flexibility index (Phi) is 2.74. The molecule has 0 aliphatic carbocycles. The number of nitriles is 1. The zero-order valence-electron chi connectivity index (χ0n) is 8.29. The highest BCUT2D eigenvalue weighted by Gasteiger charge is 2.44. The lowest BCUT2D eigenvalue weighted by molar-refractivity contribution is 0.0696. The summed E-state index contributed by atoms with van der Waals surface area (Å²) >= 11 is 1.99. The van der Waals surface area contributed by atoms with Crippen molar-refractivity contribution in [2.24, 2.45) is 5.73 Å². The number of nitrogens with two attached hydrogens (primary N) is 1. The van der Waals surface area contributed by atoms with E-state index in [0.29, 0.717) is 0 Å². The molecule has 1 atom stereocenters. The molecular formula is C10H16N2OS. The van der Waals surface area contributed by atoms with Gasteiger partial charge in [0.2, 0.25) is 0 Å². The van der Waals surface area contributed by atoms with Crippen LogP contribution in [0.4, 0.5) is 0 Å². The summed E-state index contributed by atoms with van der Waals surface area (Å²) in [5, 5.41) is 9.05. The molecule has 2 heterocycles. The molecule has 1 unspecified atom stereocenters. The Hall–Kier alpha value is -0.240. The molecule has 2 saturated heterocycles. The van der Waals surface area contributed by atoms with Crippen LogP contribution in [0.3, 0.4) is 0 Å². The zero-order valence-corrected chi connectivity index (χ0v) is 9.11. The van der Waals surface area contributed by atoms with Gasteiger partial charge in [-0.1, -0.05) is 0 Å². The van der Waals surface area contributed by atoms with E-state index in [1.165, 1.54) is 0 Å². The highest BCUT2D eigenvalue weighted by atomic mass is 32.2. The van der Waals surface area contributed by atoms with E-state index < -0.39 is 5.54 Å². The fraction of sp³-hybridized carbons (Fsp3) is 0.900. The van der Waals surface area contributed by atoms with Crippen LogP contribution < -0.4 is 5.73 Å². The molecule has 2 aliphatic rings. The van der Waals surface area contributed by atoms with Crippen LogP contribution in [-0.4, -0.2) is 29.3 Å². The molecule has 2 fully saturated rings. The maximum atomic E-state index is 9.05. The Morgan fingerprint density at radius 3 is 2.64 bits per heavy atom. The van der Waals surface area contributed by atoms with Crippen molar-refractivity contribution in [2.75, 3.05) is 19.0 Å². The predicted octanol–water partition coefficient (Wildman–Crippen LogP) is 1.28. The number of hydrogen-bond acceptors (Lipinski definition) is 4. The second kappa shape index (κ2) is 3.73. The lowest BCUT2D eigenvalue weighted by Crippen LogP contribution is -2.51. The summed E-state index contributed by atoms with van der Waals surface area (Å²) in [4.78, 5) is 0. The van der Waals surface area contributed by atoms with Gasteiger partial charge in [0.05, 0.1) is 6.07 Å². The lowest BCUT2D eigenvalue weighted by atomic mass is 9.82. The van der Waals surface area contributed by atoms with Crippen LogP contribution in [0.15, 0.2) is 0 Å². The average Bonchev–Trinajstić information content (AvgIpc) is 2.19. The highest BCUT2D eigenvalue weighted by molar-refractivity contribution is 8.00. The maximum absolute atomic E-state index is 9.05. The van der Waals surface area contributed by atoms with Crippen molar-refractivity contribution in [1.82, 2.24) is 0 Å². The van der Waals surface area contributed by atoms with Crippen LogP contribution in [-0.2, 0) is 4.74 Å². The lowest BCUT2D eigenvalue weighted by Gasteiger charge is -2.44. The van der Waals surface area contributed by atoms with Crippen LogP contribution in [0.1, 0.15) is 25.7 Å². The quantitative estimate of drug-likeness (QED) is 0.657. The summed E-state index contributed by atoms with van der Waals surface area (Å²) in [7, 11) is 0.